The maximum Gasteiger partial charge on any atom is 0.000174 e. The first kappa shape index (κ1) is 36.4. The number of aryl methyl sites for hydroxylation is 2. The number of hydrogen-bond acceptors (Lipinski definition) is 0. The molecule has 0 aromatic heterocycles. The molecule has 0 N–H and O–H groups in total. The molecule has 4 aliphatic carbocycles. The van der Waals surface area contributed by atoms with E-state index in [9.17, 15) is 0 Å². The molecule has 0 aliphatic heterocycles. The Bertz CT molecular complexity index is 1800. The molecule has 2 unspecified atom stereocenters. The molecule has 3 aromatic carbocycles. The molecule has 0 heterocycles. The van der Waals surface area contributed by atoms with E-state index in [1.165, 1.54) is 112 Å². The first-order chi connectivity index (χ1) is 23.7. The van der Waals surface area contributed by atoms with Crippen LogP contribution in [0.3, 0.4) is 0 Å². The van der Waals surface area contributed by atoms with Crippen LogP contribution in [0.2, 0.25) is 0 Å². The van der Waals surface area contributed by atoms with Crippen LogP contribution in [0, 0.1) is 42.9 Å². The molecule has 0 bridgehead atoms. The van der Waals surface area contributed by atoms with Crippen molar-refractivity contribution in [2.45, 2.75) is 126 Å². The summed E-state index contributed by atoms with van der Waals surface area (Å²) in [4.78, 5) is 0. The zero-order valence-electron chi connectivity index (χ0n) is 32.9. The third kappa shape index (κ3) is 8.06. The molecule has 7 rings (SSSR count). The Kier molecular flexibility index (Phi) is 10.7. The lowest BCUT2D eigenvalue weighted by Crippen LogP contribution is -2.29. The highest BCUT2D eigenvalue weighted by molar-refractivity contribution is 5.94. The van der Waals surface area contributed by atoms with Crippen LogP contribution in [0.1, 0.15) is 144 Å². The quantitative estimate of drug-likeness (QED) is 0.210. The highest BCUT2D eigenvalue weighted by atomic mass is 14.4. The lowest BCUT2D eigenvalue weighted by atomic mass is 9.64. The Morgan fingerprint density at radius 2 is 1.48 bits per heavy atom. The molecule has 2 fully saturated rings. The lowest BCUT2D eigenvalue weighted by molar-refractivity contribution is 0.149. The molecule has 0 heteroatoms. The molecule has 3 atom stereocenters. The molecular formula is C50H64. The largest absolute Gasteiger partial charge is 0.0999 e. The van der Waals surface area contributed by atoms with Crippen LogP contribution in [0.15, 0.2) is 78.9 Å². The summed E-state index contributed by atoms with van der Waals surface area (Å²) < 4.78 is 0. The van der Waals surface area contributed by atoms with Gasteiger partial charge in [-0.15, -0.1) is 0 Å². The van der Waals surface area contributed by atoms with Crippen LogP contribution in [0.4, 0.5) is 0 Å². The second-order valence-corrected chi connectivity index (χ2v) is 18.4. The van der Waals surface area contributed by atoms with Gasteiger partial charge in [-0.2, -0.15) is 0 Å². The number of allylic oxidation sites excluding steroid dienone is 5. The molecule has 0 saturated heterocycles. The van der Waals surface area contributed by atoms with Crippen molar-refractivity contribution >= 4 is 17.2 Å². The van der Waals surface area contributed by atoms with Gasteiger partial charge in [-0.05, 0) is 182 Å². The second-order valence-electron chi connectivity index (χ2n) is 18.4. The topological polar surface area (TPSA) is 0 Å². The molecule has 50 heavy (non-hydrogen) atoms. The molecule has 0 amide bonds. The van der Waals surface area contributed by atoms with E-state index in [2.05, 4.69) is 136 Å². The predicted molar refractivity (Wildman–Crippen MR) is 221 cm³/mol. The maximum absolute atomic E-state index is 4.29. The Morgan fingerprint density at radius 1 is 0.820 bits per heavy atom. The Hall–Kier alpha value is -3.38. The standard InChI is InChI=1S/C45H52.C5H12/c1-27(2)20-41-30(6)21-38-24-37(26-43(38)45(41)34-12-8-29(5)9-13-34)35-16-19-40-31(7)22-42(44(40)25-35)33-14-10-32(11-15-33)23-36-17-18-39(36)28(3)4;1-5(2,3)4/h8-9,12-13,16,19,21-22,24-25,31-33,36,39H,1,3,10-11,14-15,17-18,20,23,26H2,2,4-7H3;1-4H3/t31?,32?,33?,36-,39?;/m0./s1. The minimum atomic E-state index is 0.500. The SMILES string of the molecule is C=C(C)Cc1c(C)cc2c(c1-c1ccc(C)cc1)CC(c1ccc3c(c1)C(C1CCC(C[C@@H]4CCC4C(=C)C)CC1)=CC3C)=C2.CC(C)(C)C. The molecule has 4 aliphatic rings. The Labute approximate surface area is 305 Å². The van der Waals surface area contributed by atoms with E-state index in [0.717, 1.165) is 30.6 Å². The van der Waals surface area contributed by atoms with Crippen LogP contribution in [0.25, 0.3) is 28.3 Å². The third-order valence-electron chi connectivity index (χ3n) is 11.9. The van der Waals surface area contributed by atoms with E-state index in [1.807, 2.05) is 0 Å². The van der Waals surface area contributed by atoms with Crippen molar-refractivity contribution in [1.82, 2.24) is 0 Å². The molecule has 0 radical (unpaired) electrons. The van der Waals surface area contributed by atoms with Crippen LogP contribution in [0.5, 0.6) is 0 Å². The second kappa shape index (κ2) is 14.7. The fraction of sp³-hybridized carbons (Fsp3) is 0.480. The number of benzene rings is 3. The van der Waals surface area contributed by atoms with Gasteiger partial charge in [0.05, 0.1) is 0 Å². The summed E-state index contributed by atoms with van der Waals surface area (Å²) in [6.07, 6.45) is 16.8. The van der Waals surface area contributed by atoms with Gasteiger partial charge in [-0.3, -0.25) is 0 Å². The summed E-state index contributed by atoms with van der Waals surface area (Å²) >= 11 is 0. The zero-order valence-corrected chi connectivity index (χ0v) is 32.9. The molecule has 0 nitrogen and oxygen atoms in total. The predicted octanol–water partition coefficient (Wildman–Crippen LogP) is 14.5. The van der Waals surface area contributed by atoms with Gasteiger partial charge < -0.3 is 0 Å². The maximum atomic E-state index is 4.29. The van der Waals surface area contributed by atoms with Crippen LogP contribution in [-0.2, 0) is 12.8 Å². The summed E-state index contributed by atoms with van der Waals surface area (Å²) in [6, 6.07) is 19.0. The van der Waals surface area contributed by atoms with Crippen molar-refractivity contribution in [2.75, 3.05) is 0 Å². The monoisotopic (exact) mass is 665 g/mol. The number of hydrogen-bond donors (Lipinski definition) is 0. The van der Waals surface area contributed by atoms with Crippen molar-refractivity contribution in [1.29, 1.82) is 0 Å². The fourth-order valence-corrected chi connectivity index (χ4v) is 9.31. The van der Waals surface area contributed by atoms with E-state index in [4.69, 9.17) is 0 Å². The molecule has 2 saturated carbocycles. The highest BCUT2D eigenvalue weighted by Crippen LogP contribution is 2.50. The van der Waals surface area contributed by atoms with Crippen molar-refractivity contribution in [3.05, 3.63) is 123 Å². The smallest absolute Gasteiger partial charge is 0.000174 e. The first-order valence-corrected chi connectivity index (χ1v) is 19.8. The van der Waals surface area contributed by atoms with Crippen LogP contribution >= 0.6 is 0 Å². The summed E-state index contributed by atoms with van der Waals surface area (Å²) in [6.45, 7) is 28.6. The molecule has 264 valence electrons. The van der Waals surface area contributed by atoms with Gasteiger partial charge in [0.2, 0.25) is 0 Å². The average molecular weight is 665 g/mol. The van der Waals surface area contributed by atoms with Gasteiger partial charge in [0.25, 0.3) is 0 Å². The number of rotatable bonds is 8. The fourth-order valence-electron chi connectivity index (χ4n) is 9.31. The molecule has 0 spiro atoms. The van der Waals surface area contributed by atoms with Gasteiger partial charge in [-0.25, -0.2) is 0 Å². The summed E-state index contributed by atoms with van der Waals surface area (Å²) in [5, 5.41) is 0. The molecular weight excluding hydrogens is 601 g/mol. The normalized spacial score (nSPS) is 23.9. The van der Waals surface area contributed by atoms with Gasteiger partial charge in [0.1, 0.15) is 0 Å². The van der Waals surface area contributed by atoms with Crippen molar-refractivity contribution in [3.8, 4) is 11.1 Å². The molecule has 3 aromatic rings. The highest BCUT2D eigenvalue weighted by Gasteiger charge is 2.36. The average Bonchev–Trinajstić information content (AvgIpc) is 3.59. The zero-order chi connectivity index (χ0) is 35.9. The van der Waals surface area contributed by atoms with E-state index >= 15 is 0 Å². The van der Waals surface area contributed by atoms with Crippen LogP contribution in [-0.4, -0.2) is 0 Å². The summed E-state index contributed by atoms with van der Waals surface area (Å²) in [7, 11) is 0. The Balaban J connectivity index is 0.000000808. The minimum Gasteiger partial charge on any atom is -0.0999 e. The van der Waals surface area contributed by atoms with Gasteiger partial charge >= 0.3 is 0 Å². The third-order valence-corrected chi connectivity index (χ3v) is 11.9. The van der Waals surface area contributed by atoms with E-state index in [-0.39, 0.29) is 0 Å². The number of fused-ring (bicyclic) bond motifs is 2. The first-order valence-electron chi connectivity index (χ1n) is 19.8. The van der Waals surface area contributed by atoms with Crippen molar-refractivity contribution < 1.29 is 0 Å². The summed E-state index contributed by atoms with van der Waals surface area (Å²) in [5.74, 6) is 3.87. The van der Waals surface area contributed by atoms with Crippen LogP contribution < -0.4 is 0 Å². The minimum absolute atomic E-state index is 0.500. The summed E-state index contributed by atoms with van der Waals surface area (Å²) in [5.41, 5.74) is 20.5. The van der Waals surface area contributed by atoms with E-state index in [1.54, 1.807) is 11.1 Å². The van der Waals surface area contributed by atoms with Crippen molar-refractivity contribution in [2.24, 2.45) is 29.1 Å². The van der Waals surface area contributed by atoms with Gasteiger partial charge in [0.15, 0.2) is 0 Å². The van der Waals surface area contributed by atoms with Gasteiger partial charge in [0, 0.05) is 5.92 Å². The van der Waals surface area contributed by atoms with E-state index < -0.39 is 0 Å². The lowest BCUT2D eigenvalue weighted by Gasteiger charge is -2.41. The van der Waals surface area contributed by atoms with Gasteiger partial charge in [-0.1, -0.05) is 119 Å². The Morgan fingerprint density at radius 3 is 2.08 bits per heavy atom. The van der Waals surface area contributed by atoms with E-state index in [0.29, 0.717) is 17.3 Å². The van der Waals surface area contributed by atoms with Crippen molar-refractivity contribution in [3.63, 3.8) is 0 Å².